The molecule has 0 radical (unpaired) electrons. The van der Waals surface area contributed by atoms with Crippen molar-refractivity contribution in [3.05, 3.63) is 71.0 Å². The van der Waals surface area contributed by atoms with Crippen LogP contribution >= 0.6 is 11.8 Å². The molecule has 142 valence electrons. The molecule has 1 aliphatic rings. The number of carbonyl (C=O) groups is 2. The van der Waals surface area contributed by atoms with Crippen molar-refractivity contribution in [2.45, 2.75) is 31.7 Å². The van der Waals surface area contributed by atoms with E-state index in [1.54, 1.807) is 29.2 Å². The van der Waals surface area contributed by atoms with Crippen molar-refractivity contribution in [3.63, 3.8) is 0 Å². The van der Waals surface area contributed by atoms with Gasteiger partial charge in [0.1, 0.15) is 17.2 Å². The van der Waals surface area contributed by atoms with Crippen LogP contribution in [0.5, 0.6) is 0 Å². The van der Waals surface area contributed by atoms with Crippen molar-refractivity contribution in [2.24, 2.45) is 0 Å². The fraction of sp³-hybridized carbons (Fsp3) is 0.333. The lowest BCUT2D eigenvalue weighted by atomic mass is 10.1. The van der Waals surface area contributed by atoms with Crippen molar-refractivity contribution in [1.29, 1.82) is 0 Å². The Morgan fingerprint density at radius 2 is 1.81 bits per heavy atom. The van der Waals surface area contributed by atoms with Gasteiger partial charge in [-0.15, -0.1) is 11.8 Å². The minimum Gasteiger partial charge on any atom is -0.354 e. The van der Waals surface area contributed by atoms with Crippen molar-refractivity contribution < 1.29 is 14.0 Å². The normalized spacial score (nSPS) is 19.1. The number of aryl methyl sites for hydroxylation is 1. The third kappa shape index (κ3) is 4.33. The van der Waals surface area contributed by atoms with Crippen LogP contribution in [0.15, 0.2) is 48.5 Å². The molecular formula is C21H23FN2O2S. The van der Waals surface area contributed by atoms with Crippen LogP contribution in [-0.2, 0) is 4.79 Å². The van der Waals surface area contributed by atoms with Crippen LogP contribution in [0.25, 0.3) is 0 Å². The molecule has 0 unspecified atom stereocenters. The molecule has 6 heteroatoms. The maximum absolute atomic E-state index is 13.3. The van der Waals surface area contributed by atoms with Gasteiger partial charge in [-0.05, 0) is 43.2 Å². The molecule has 2 aromatic rings. The molecule has 0 bridgehead atoms. The summed E-state index contributed by atoms with van der Waals surface area (Å²) in [5.41, 5.74) is 2.42. The van der Waals surface area contributed by atoms with Gasteiger partial charge in [0.2, 0.25) is 5.91 Å². The van der Waals surface area contributed by atoms with Gasteiger partial charge in [0.05, 0.1) is 0 Å². The molecular weight excluding hydrogens is 363 g/mol. The zero-order valence-electron chi connectivity index (χ0n) is 15.4. The number of benzene rings is 2. The first kappa shape index (κ1) is 19.4. The van der Waals surface area contributed by atoms with Crippen LogP contribution < -0.4 is 5.32 Å². The van der Waals surface area contributed by atoms with E-state index in [4.69, 9.17) is 0 Å². The van der Waals surface area contributed by atoms with Gasteiger partial charge in [0.15, 0.2) is 0 Å². The summed E-state index contributed by atoms with van der Waals surface area (Å²) in [6, 6.07) is 12.9. The summed E-state index contributed by atoms with van der Waals surface area (Å²) in [5, 5.41) is 2.57. The molecule has 0 saturated carbocycles. The predicted octanol–water partition coefficient (Wildman–Crippen LogP) is 3.92. The first-order chi connectivity index (χ1) is 13.0. The number of halogens is 1. The second kappa shape index (κ2) is 8.57. The number of amides is 2. The number of rotatable bonds is 5. The first-order valence-electron chi connectivity index (χ1n) is 9.05. The Hall–Kier alpha value is -2.34. The molecule has 0 spiro atoms. The van der Waals surface area contributed by atoms with Crippen molar-refractivity contribution in [3.8, 4) is 0 Å². The van der Waals surface area contributed by atoms with Gasteiger partial charge in [-0.1, -0.05) is 36.8 Å². The van der Waals surface area contributed by atoms with Gasteiger partial charge in [-0.2, -0.15) is 0 Å². The molecule has 1 saturated heterocycles. The molecule has 0 aliphatic carbocycles. The van der Waals surface area contributed by atoms with Gasteiger partial charge in [-0.3, -0.25) is 9.59 Å². The molecule has 1 aliphatic heterocycles. The molecule has 2 atom stereocenters. The fourth-order valence-electron chi connectivity index (χ4n) is 3.05. The molecule has 1 N–H and O–H groups in total. The number of thioether (sulfide) groups is 1. The van der Waals surface area contributed by atoms with E-state index in [0.717, 1.165) is 17.5 Å². The highest BCUT2D eigenvalue weighted by Gasteiger charge is 2.42. The van der Waals surface area contributed by atoms with Gasteiger partial charge in [0.25, 0.3) is 5.91 Å². The van der Waals surface area contributed by atoms with Crippen LogP contribution in [-0.4, -0.2) is 35.1 Å². The molecule has 2 aromatic carbocycles. The Kier molecular flexibility index (Phi) is 6.16. The van der Waals surface area contributed by atoms with Crippen molar-refractivity contribution in [2.75, 3.05) is 12.3 Å². The third-order valence-electron chi connectivity index (χ3n) is 4.54. The monoisotopic (exact) mass is 386 g/mol. The van der Waals surface area contributed by atoms with E-state index in [1.807, 2.05) is 26.0 Å². The van der Waals surface area contributed by atoms with Crippen LogP contribution in [0.1, 0.15) is 40.2 Å². The number of hydrogen-bond donors (Lipinski definition) is 1. The summed E-state index contributed by atoms with van der Waals surface area (Å²) in [7, 11) is 0. The highest BCUT2D eigenvalue weighted by molar-refractivity contribution is 7.99. The average Bonchev–Trinajstić information content (AvgIpc) is 3.12. The number of hydrogen-bond acceptors (Lipinski definition) is 3. The summed E-state index contributed by atoms with van der Waals surface area (Å²) in [4.78, 5) is 27.5. The van der Waals surface area contributed by atoms with E-state index in [1.165, 1.54) is 23.9 Å². The van der Waals surface area contributed by atoms with Crippen molar-refractivity contribution in [1.82, 2.24) is 10.2 Å². The molecule has 3 rings (SSSR count). The zero-order valence-corrected chi connectivity index (χ0v) is 16.3. The fourth-order valence-corrected chi connectivity index (χ4v) is 4.48. The predicted molar refractivity (Wildman–Crippen MR) is 106 cm³/mol. The van der Waals surface area contributed by atoms with Crippen LogP contribution in [0.3, 0.4) is 0 Å². The van der Waals surface area contributed by atoms with E-state index in [9.17, 15) is 14.0 Å². The smallest absolute Gasteiger partial charge is 0.255 e. The molecule has 4 nitrogen and oxygen atoms in total. The van der Waals surface area contributed by atoms with E-state index in [-0.39, 0.29) is 23.0 Å². The summed E-state index contributed by atoms with van der Waals surface area (Å²) in [5.74, 6) is -0.148. The maximum atomic E-state index is 13.3. The van der Waals surface area contributed by atoms with E-state index >= 15 is 0 Å². The largest absolute Gasteiger partial charge is 0.354 e. The highest BCUT2D eigenvalue weighted by atomic mass is 32.2. The Morgan fingerprint density at radius 3 is 2.44 bits per heavy atom. The summed E-state index contributed by atoms with van der Waals surface area (Å²) in [6.07, 6.45) is 0.832. The lowest BCUT2D eigenvalue weighted by Crippen LogP contribution is -2.48. The summed E-state index contributed by atoms with van der Waals surface area (Å²) >= 11 is 1.53. The molecule has 1 heterocycles. The summed E-state index contributed by atoms with van der Waals surface area (Å²) in [6.45, 7) is 4.52. The Labute approximate surface area is 163 Å². The molecule has 1 fully saturated rings. The first-order valence-corrected chi connectivity index (χ1v) is 10.1. The minimum atomic E-state index is -0.551. The van der Waals surface area contributed by atoms with E-state index < -0.39 is 6.04 Å². The minimum absolute atomic E-state index is 0.144. The lowest BCUT2D eigenvalue weighted by Gasteiger charge is -2.29. The zero-order chi connectivity index (χ0) is 19.4. The SMILES string of the molecule is CCCNC(=O)[C@H]1CS[C@@H](c2ccc(F)cc2)N1C(=O)c1ccc(C)cc1. The van der Waals surface area contributed by atoms with Crippen LogP contribution in [0, 0.1) is 12.7 Å². The van der Waals surface area contributed by atoms with Gasteiger partial charge >= 0.3 is 0 Å². The maximum Gasteiger partial charge on any atom is 0.255 e. The number of nitrogens with zero attached hydrogens (tertiary/aromatic N) is 1. The summed E-state index contributed by atoms with van der Waals surface area (Å²) < 4.78 is 13.3. The number of nitrogens with one attached hydrogen (secondary N) is 1. The molecule has 2 amide bonds. The second-order valence-corrected chi connectivity index (χ2v) is 7.74. The highest BCUT2D eigenvalue weighted by Crippen LogP contribution is 2.42. The molecule has 0 aromatic heterocycles. The second-order valence-electron chi connectivity index (χ2n) is 6.62. The quantitative estimate of drug-likeness (QED) is 0.847. The van der Waals surface area contributed by atoms with Gasteiger partial charge in [-0.25, -0.2) is 4.39 Å². The van der Waals surface area contributed by atoms with E-state index in [2.05, 4.69) is 5.32 Å². The Morgan fingerprint density at radius 1 is 1.15 bits per heavy atom. The van der Waals surface area contributed by atoms with Crippen LogP contribution in [0.2, 0.25) is 0 Å². The number of carbonyl (C=O) groups excluding carboxylic acids is 2. The van der Waals surface area contributed by atoms with Crippen molar-refractivity contribution >= 4 is 23.6 Å². The lowest BCUT2D eigenvalue weighted by molar-refractivity contribution is -0.124. The van der Waals surface area contributed by atoms with Crippen LogP contribution in [0.4, 0.5) is 4.39 Å². The standard InChI is InChI=1S/C21H23FN2O2S/c1-3-12-23-19(25)18-13-27-21(16-8-10-17(22)11-9-16)24(18)20(26)15-6-4-14(2)5-7-15/h4-11,18,21H,3,12-13H2,1-2H3,(H,23,25)/t18-,21+/m1/s1. The topological polar surface area (TPSA) is 49.4 Å². The van der Waals surface area contributed by atoms with Gasteiger partial charge in [0, 0.05) is 17.9 Å². The van der Waals surface area contributed by atoms with E-state index in [0.29, 0.717) is 17.9 Å². The van der Waals surface area contributed by atoms with Gasteiger partial charge < -0.3 is 10.2 Å². The third-order valence-corrected chi connectivity index (χ3v) is 5.86. The Balaban J connectivity index is 1.93. The Bertz CT molecular complexity index is 808. The molecule has 27 heavy (non-hydrogen) atoms. The average molecular weight is 386 g/mol.